The van der Waals surface area contributed by atoms with Crippen LogP contribution in [0, 0.1) is 5.82 Å². The first kappa shape index (κ1) is 24.6. The summed E-state index contributed by atoms with van der Waals surface area (Å²) in [6.45, 7) is 1.90. The second-order valence-electron chi connectivity index (χ2n) is 8.24. The standard InChI is InChI=1S/C26H27ClFN5O2/c1-3-17(34)7-5-4-6-8-25-29-14-23(33-25)18-12-19-22(13-24(18)35-2)30-15-31-26(19)32-16-9-10-21(28)20(27)11-16/h9-15H,3-8H2,1-2H3,(H,29,33)(H,30,31,32). The zero-order valence-electron chi connectivity index (χ0n) is 19.7. The molecule has 0 fully saturated rings. The molecule has 35 heavy (non-hydrogen) atoms. The fourth-order valence-corrected chi connectivity index (χ4v) is 4.05. The number of nitrogens with zero attached hydrogens (tertiary/aromatic N) is 3. The largest absolute Gasteiger partial charge is 0.496 e. The van der Waals surface area contributed by atoms with Crippen LogP contribution in [0.25, 0.3) is 22.2 Å². The second kappa shape index (κ2) is 11.3. The third kappa shape index (κ3) is 5.95. The molecule has 4 aromatic rings. The fraction of sp³-hybridized carbons (Fsp3) is 0.308. The fourth-order valence-electron chi connectivity index (χ4n) is 3.87. The van der Waals surface area contributed by atoms with Crippen LogP contribution in [0.2, 0.25) is 5.02 Å². The molecule has 182 valence electrons. The number of nitrogens with one attached hydrogen (secondary N) is 2. The Kier molecular flexibility index (Phi) is 7.92. The summed E-state index contributed by atoms with van der Waals surface area (Å²) in [4.78, 5) is 28.1. The Bertz CT molecular complexity index is 1340. The highest BCUT2D eigenvalue weighted by atomic mass is 35.5. The first-order valence-electron chi connectivity index (χ1n) is 11.6. The van der Waals surface area contributed by atoms with Crippen molar-refractivity contribution in [3.63, 3.8) is 0 Å². The van der Waals surface area contributed by atoms with Gasteiger partial charge in [-0.1, -0.05) is 24.9 Å². The molecule has 2 aromatic heterocycles. The number of unbranched alkanes of at least 4 members (excludes halogenated alkanes) is 2. The molecule has 2 heterocycles. The zero-order valence-corrected chi connectivity index (χ0v) is 20.5. The van der Waals surface area contributed by atoms with E-state index in [9.17, 15) is 9.18 Å². The highest BCUT2D eigenvalue weighted by Crippen LogP contribution is 2.35. The molecule has 0 radical (unpaired) electrons. The van der Waals surface area contributed by atoms with E-state index < -0.39 is 5.82 Å². The molecule has 0 aliphatic carbocycles. The number of carbonyl (C=O) groups is 1. The van der Waals surface area contributed by atoms with Crippen molar-refractivity contribution in [3.8, 4) is 17.0 Å². The lowest BCUT2D eigenvalue weighted by Gasteiger charge is -2.12. The second-order valence-corrected chi connectivity index (χ2v) is 8.65. The molecule has 0 saturated carbocycles. The lowest BCUT2D eigenvalue weighted by atomic mass is 10.1. The third-order valence-corrected chi connectivity index (χ3v) is 6.11. The van der Waals surface area contributed by atoms with Crippen LogP contribution in [0.1, 0.15) is 44.9 Å². The molecule has 2 N–H and O–H groups in total. The maximum absolute atomic E-state index is 13.6. The number of Topliss-reactive ketones (excluding diaryl/α,β-unsaturated/α-hetero) is 1. The van der Waals surface area contributed by atoms with Crippen molar-refractivity contribution in [2.24, 2.45) is 0 Å². The molecule has 7 nitrogen and oxygen atoms in total. The molecule has 0 atom stereocenters. The van der Waals surface area contributed by atoms with Gasteiger partial charge >= 0.3 is 0 Å². The van der Waals surface area contributed by atoms with Crippen molar-refractivity contribution in [2.45, 2.75) is 45.4 Å². The quantitative estimate of drug-likeness (QED) is 0.226. The Morgan fingerprint density at radius 2 is 2.00 bits per heavy atom. The number of aromatic nitrogens is 4. The van der Waals surface area contributed by atoms with Gasteiger partial charge in [0, 0.05) is 42.0 Å². The van der Waals surface area contributed by atoms with Crippen molar-refractivity contribution in [1.29, 1.82) is 0 Å². The summed E-state index contributed by atoms with van der Waals surface area (Å²) in [6, 6.07) is 8.19. The van der Waals surface area contributed by atoms with E-state index in [1.165, 1.54) is 18.5 Å². The number of methoxy groups -OCH3 is 1. The number of imidazole rings is 1. The average molecular weight is 496 g/mol. The lowest BCUT2D eigenvalue weighted by molar-refractivity contribution is -0.118. The number of fused-ring (bicyclic) bond motifs is 1. The van der Waals surface area contributed by atoms with E-state index >= 15 is 0 Å². The number of aryl methyl sites for hydroxylation is 1. The van der Waals surface area contributed by atoms with E-state index in [-0.39, 0.29) is 5.02 Å². The average Bonchev–Trinajstić information content (AvgIpc) is 3.34. The molecular weight excluding hydrogens is 469 g/mol. The molecule has 0 aliphatic heterocycles. The number of ketones is 1. The van der Waals surface area contributed by atoms with Gasteiger partial charge in [-0.05, 0) is 37.1 Å². The van der Waals surface area contributed by atoms with Crippen molar-refractivity contribution in [3.05, 3.63) is 59.5 Å². The maximum Gasteiger partial charge on any atom is 0.141 e. The number of ether oxygens (including phenoxy) is 1. The van der Waals surface area contributed by atoms with E-state index in [4.69, 9.17) is 16.3 Å². The van der Waals surface area contributed by atoms with Gasteiger partial charge in [0.05, 0.1) is 29.5 Å². The normalized spacial score (nSPS) is 11.1. The Hall–Kier alpha value is -3.52. The predicted molar refractivity (Wildman–Crippen MR) is 136 cm³/mol. The zero-order chi connectivity index (χ0) is 24.8. The van der Waals surface area contributed by atoms with Crippen LogP contribution in [0.5, 0.6) is 5.75 Å². The van der Waals surface area contributed by atoms with Gasteiger partial charge in [0.2, 0.25) is 0 Å². The Morgan fingerprint density at radius 1 is 1.14 bits per heavy atom. The van der Waals surface area contributed by atoms with Gasteiger partial charge in [0.15, 0.2) is 0 Å². The van der Waals surface area contributed by atoms with Gasteiger partial charge in [0.25, 0.3) is 0 Å². The number of benzene rings is 2. The SMILES string of the molecule is CCC(=O)CCCCCc1ncc(-c2cc3c(Nc4ccc(F)c(Cl)c4)ncnc3cc2OC)[nH]1. The molecule has 0 saturated heterocycles. The van der Waals surface area contributed by atoms with Crippen molar-refractivity contribution >= 4 is 39.8 Å². The van der Waals surface area contributed by atoms with E-state index in [0.29, 0.717) is 41.4 Å². The molecule has 4 rings (SSSR count). The number of anilines is 2. The first-order chi connectivity index (χ1) is 17.0. The molecule has 0 amide bonds. The Balaban J connectivity index is 1.56. The Labute approximate surface area is 208 Å². The monoisotopic (exact) mass is 495 g/mol. The van der Waals surface area contributed by atoms with Crippen LogP contribution in [0.4, 0.5) is 15.9 Å². The van der Waals surface area contributed by atoms with Crippen molar-refractivity contribution in [1.82, 2.24) is 19.9 Å². The number of aromatic amines is 1. The first-order valence-corrected chi connectivity index (χ1v) is 12.0. The van der Waals surface area contributed by atoms with Crippen LogP contribution in [-0.2, 0) is 11.2 Å². The van der Waals surface area contributed by atoms with Crippen LogP contribution in [-0.4, -0.2) is 32.8 Å². The van der Waals surface area contributed by atoms with E-state index in [1.807, 2.05) is 19.1 Å². The number of halogens is 2. The lowest BCUT2D eigenvalue weighted by Crippen LogP contribution is -1.98. The van der Waals surface area contributed by atoms with Crippen molar-refractivity contribution < 1.29 is 13.9 Å². The van der Waals surface area contributed by atoms with Crippen LogP contribution in [0.3, 0.4) is 0 Å². The summed E-state index contributed by atoms with van der Waals surface area (Å²) in [5, 5.41) is 3.99. The van der Waals surface area contributed by atoms with Gasteiger partial charge in [-0.25, -0.2) is 19.3 Å². The summed E-state index contributed by atoms with van der Waals surface area (Å²) >= 11 is 5.93. The minimum Gasteiger partial charge on any atom is -0.496 e. The number of carbonyl (C=O) groups excluding carboxylic acids is 1. The van der Waals surface area contributed by atoms with E-state index in [2.05, 4.69) is 25.3 Å². The van der Waals surface area contributed by atoms with Gasteiger partial charge in [-0.2, -0.15) is 0 Å². The van der Waals surface area contributed by atoms with Gasteiger partial charge in [-0.15, -0.1) is 0 Å². The van der Waals surface area contributed by atoms with Crippen molar-refractivity contribution in [2.75, 3.05) is 12.4 Å². The molecule has 0 aliphatic rings. The van der Waals surface area contributed by atoms with Gasteiger partial charge < -0.3 is 15.0 Å². The molecule has 2 aromatic carbocycles. The predicted octanol–water partition coefficient (Wildman–Crippen LogP) is 6.65. The van der Waals surface area contributed by atoms with E-state index in [1.54, 1.807) is 19.4 Å². The summed E-state index contributed by atoms with van der Waals surface area (Å²) in [5.41, 5.74) is 2.94. The van der Waals surface area contributed by atoms with Crippen LogP contribution in [0.15, 0.2) is 42.9 Å². The Morgan fingerprint density at radius 3 is 2.77 bits per heavy atom. The molecule has 0 spiro atoms. The maximum atomic E-state index is 13.6. The number of rotatable bonds is 11. The summed E-state index contributed by atoms with van der Waals surface area (Å²) in [5.74, 6) is 1.92. The third-order valence-electron chi connectivity index (χ3n) is 5.82. The molecule has 9 heteroatoms. The number of hydrogen-bond acceptors (Lipinski definition) is 6. The number of hydrogen-bond donors (Lipinski definition) is 2. The van der Waals surface area contributed by atoms with E-state index in [0.717, 1.165) is 48.2 Å². The topological polar surface area (TPSA) is 92.8 Å². The molecular formula is C26H27ClFN5O2. The van der Waals surface area contributed by atoms with Gasteiger partial charge in [0.1, 0.15) is 35.3 Å². The van der Waals surface area contributed by atoms with Crippen LogP contribution < -0.4 is 10.1 Å². The highest BCUT2D eigenvalue weighted by molar-refractivity contribution is 6.31. The molecule has 0 bridgehead atoms. The minimum absolute atomic E-state index is 0.0256. The summed E-state index contributed by atoms with van der Waals surface area (Å²) in [6.07, 6.45) is 8.16. The summed E-state index contributed by atoms with van der Waals surface area (Å²) in [7, 11) is 1.61. The van der Waals surface area contributed by atoms with Crippen LogP contribution >= 0.6 is 11.6 Å². The minimum atomic E-state index is -0.485. The highest BCUT2D eigenvalue weighted by Gasteiger charge is 2.15. The van der Waals surface area contributed by atoms with Gasteiger partial charge in [-0.3, -0.25) is 4.79 Å². The number of H-pyrrole nitrogens is 1. The molecule has 0 unspecified atom stereocenters. The summed E-state index contributed by atoms with van der Waals surface area (Å²) < 4.78 is 19.2. The smallest absolute Gasteiger partial charge is 0.141 e.